The molecule has 72 heavy (non-hydrogen) atoms. The highest BCUT2D eigenvalue weighted by atomic mass is 19.4. The monoisotopic (exact) mass is 1010 g/mol. The van der Waals surface area contributed by atoms with Crippen molar-refractivity contribution in [1.29, 1.82) is 0 Å². The summed E-state index contributed by atoms with van der Waals surface area (Å²) in [6.45, 7) is 4.53. The first-order valence-electron chi connectivity index (χ1n) is 22.2. The van der Waals surface area contributed by atoms with Crippen LogP contribution in [0.4, 0.5) is 67.2 Å². The van der Waals surface area contributed by atoms with Gasteiger partial charge in [-0.05, 0) is 111 Å². The van der Waals surface area contributed by atoms with Crippen LogP contribution in [0.15, 0.2) is 85.5 Å². The largest absolute Gasteiger partial charge is 0.573 e. The molecule has 4 aromatic carbocycles. The summed E-state index contributed by atoms with van der Waals surface area (Å²) in [6, 6.07) is 15.7. The molecule has 0 aliphatic carbocycles. The molecule has 0 spiro atoms. The summed E-state index contributed by atoms with van der Waals surface area (Å²) < 4.78 is 147. The minimum atomic E-state index is -4.99. The number of aryl methyl sites for hydroxylation is 4. The Kier molecular flexibility index (Phi) is 13.6. The summed E-state index contributed by atoms with van der Waals surface area (Å²) in [6.07, 6.45) is -2.73. The normalized spacial score (nSPS) is 15.9. The van der Waals surface area contributed by atoms with Crippen molar-refractivity contribution in [3.05, 3.63) is 143 Å². The molecule has 16 nitrogen and oxygen atoms in total. The van der Waals surface area contributed by atoms with Crippen molar-refractivity contribution in [3.8, 4) is 22.9 Å². The quantitative estimate of drug-likeness (QED) is 0.125. The average molecular weight is 1010 g/mol. The first kappa shape index (κ1) is 48.9. The van der Waals surface area contributed by atoms with E-state index >= 15 is 0 Å². The highest BCUT2D eigenvalue weighted by molar-refractivity contribution is 5.57. The van der Waals surface area contributed by atoms with E-state index in [4.69, 9.17) is 0 Å². The second kappa shape index (κ2) is 20.0. The summed E-state index contributed by atoms with van der Waals surface area (Å²) in [7, 11) is 0. The van der Waals surface area contributed by atoms with Gasteiger partial charge in [-0.25, -0.2) is 46.3 Å². The molecule has 0 saturated heterocycles. The fraction of sp³-hybridized carbons (Fsp3) is 0.304. The van der Waals surface area contributed by atoms with Crippen molar-refractivity contribution in [3.63, 3.8) is 0 Å². The number of benzene rings is 4. The number of nitrogens with one attached hydrogen (secondary N) is 2. The number of ether oxygens (including phenoxy) is 2. The van der Waals surface area contributed by atoms with Crippen LogP contribution >= 0.6 is 0 Å². The molecule has 0 radical (unpaired) electrons. The summed E-state index contributed by atoms with van der Waals surface area (Å²) in [5.41, 5.74) is 2.20. The fourth-order valence-corrected chi connectivity index (χ4v) is 8.37. The van der Waals surface area contributed by atoms with E-state index in [0.29, 0.717) is 71.7 Å². The van der Waals surface area contributed by atoms with Gasteiger partial charge >= 0.3 is 12.7 Å². The number of fused-ring (bicyclic) bond motifs is 2. The Balaban J connectivity index is 0.000000178. The Labute approximate surface area is 401 Å². The van der Waals surface area contributed by atoms with Gasteiger partial charge in [-0.2, -0.15) is 20.2 Å². The maximum atomic E-state index is 14.7. The molecule has 6 heterocycles. The van der Waals surface area contributed by atoms with E-state index in [2.05, 4.69) is 60.4 Å². The van der Waals surface area contributed by atoms with E-state index in [1.54, 1.807) is 47.5 Å². The van der Waals surface area contributed by atoms with Crippen LogP contribution in [0.2, 0.25) is 0 Å². The van der Waals surface area contributed by atoms with Crippen LogP contribution in [0.25, 0.3) is 11.4 Å². The predicted octanol–water partition coefficient (Wildman–Crippen LogP) is 10.8. The topological polar surface area (TPSA) is 165 Å². The molecule has 0 bridgehead atoms. The van der Waals surface area contributed by atoms with Crippen LogP contribution in [0.3, 0.4) is 0 Å². The second-order valence-corrected chi connectivity index (χ2v) is 16.7. The van der Waals surface area contributed by atoms with Gasteiger partial charge in [0.25, 0.3) is 0 Å². The smallest absolute Gasteiger partial charge is 0.403 e. The van der Waals surface area contributed by atoms with Crippen LogP contribution in [0.5, 0.6) is 11.5 Å². The third-order valence-electron chi connectivity index (χ3n) is 11.5. The minimum Gasteiger partial charge on any atom is -0.403 e. The van der Waals surface area contributed by atoms with Crippen molar-refractivity contribution in [2.75, 3.05) is 10.6 Å². The zero-order valence-electron chi connectivity index (χ0n) is 37.9. The SMILES string of the molecule is Cc1ncn(-c2ccc(Nc3nc4n(n3)CCCC[C@@H]4c3ccc(OC(F)(F)F)c(F)c3)cc2F)n1.Cc1ncn(-c2ccc(Nc3nc4n(n3)CCCC[C@H]4c3ccc(OC(F)(F)F)c(F)c3)cc2F)n1. The molecular weight excluding hydrogens is 971 g/mol. The van der Waals surface area contributed by atoms with Crippen LogP contribution in [0, 0.1) is 37.1 Å². The lowest BCUT2D eigenvalue weighted by Crippen LogP contribution is -2.18. The van der Waals surface area contributed by atoms with E-state index in [-0.39, 0.29) is 35.1 Å². The molecule has 0 fully saturated rings. The Morgan fingerprint density at radius 1 is 0.514 bits per heavy atom. The van der Waals surface area contributed by atoms with E-state index < -0.39 is 47.5 Å². The van der Waals surface area contributed by atoms with E-state index in [9.17, 15) is 43.9 Å². The van der Waals surface area contributed by atoms with Gasteiger partial charge in [0.15, 0.2) is 34.8 Å². The number of hydrogen-bond acceptors (Lipinski definition) is 12. The van der Waals surface area contributed by atoms with Gasteiger partial charge in [-0.15, -0.1) is 36.5 Å². The van der Waals surface area contributed by atoms with Crippen molar-refractivity contribution >= 4 is 23.3 Å². The molecule has 4 aromatic heterocycles. The van der Waals surface area contributed by atoms with Crippen molar-refractivity contribution < 1.29 is 53.4 Å². The molecule has 0 unspecified atom stereocenters. The molecule has 0 saturated carbocycles. The highest BCUT2D eigenvalue weighted by Gasteiger charge is 2.35. The third kappa shape index (κ3) is 11.4. The number of anilines is 4. The van der Waals surface area contributed by atoms with E-state index in [1.165, 1.54) is 46.3 Å². The van der Waals surface area contributed by atoms with Crippen molar-refractivity contribution in [1.82, 2.24) is 59.1 Å². The van der Waals surface area contributed by atoms with E-state index in [1.807, 2.05) is 0 Å². The second-order valence-electron chi connectivity index (χ2n) is 16.7. The van der Waals surface area contributed by atoms with Crippen molar-refractivity contribution in [2.24, 2.45) is 0 Å². The molecule has 2 N–H and O–H groups in total. The van der Waals surface area contributed by atoms with Crippen LogP contribution < -0.4 is 20.1 Å². The van der Waals surface area contributed by atoms with Gasteiger partial charge in [0.2, 0.25) is 11.9 Å². The molecule has 2 aliphatic heterocycles. The van der Waals surface area contributed by atoms with Gasteiger partial charge in [-0.1, -0.05) is 25.0 Å². The molecule has 26 heteroatoms. The van der Waals surface area contributed by atoms with Crippen LogP contribution in [-0.2, 0) is 13.1 Å². The molecule has 10 rings (SSSR count). The maximum absolute atomic E-state index is 14.7. The molecule has 8 aromatic rings. The molecular formula is C46H40F10N14O2. The number of aromatic nitrogens is 12. The molecule has 2 aliphatic rings. The summed E-state index contributed by atoms with van der Waals surface area (Å²) in [5, 5.41) is 23.1. The summed E-state index contributed by atoms with van der Waals surface area (Å²) in [4.78, 5) is 17.1. The Bertz CT molecular complexity index is 3010. The van der Waals surface area contributed by atoms with Crippen LogP contribution in [0.1, 0.15) is 84.8 Å². The first-order chi connectivity index (χ1) is 34.3. The lowest BCUT2D eigenvalue weighted by atomic mass is 9.93. The standard InChI is InChI=1S/2C23H20F5N7O/c2*1-13-29-12-35(32-13)19-7-6-15(11-17(19)24)30-22-31-21-16(4-2-3-9-34(21)33-22)14-5-8-20(18(25)10-14)36-23(26,27)28/h2*5-8,10-12,16H,2-4,9H2,1H3,(H,30,33)/t2*16-/m10/s1. The lowest BCUT2D eigenvalue weighted by Gasteiger charge is -2.16. The molecule has 0 amide bonds. The summed E-state index contributed by atoms with van der Waals surface area (Å²) in [5.74, 6) is -3.31. The van der Waals surface area contributed by atoms with E-state index in [0.717, 1.165) is 49.9 Å². The zero-order chi connectivity index (χ0) is 50.9. The van der Waals surface area contributed by atoms with Crippen LogP contribution in [-0.4, -0.2) is 71.8 Å². The first-order valence-corrected chi connectivity index (χ1v) is 22.2. The minimum absolute atomic E-state index is 0.221. The number of alkyl halides is 6. The molecule has 376 valence electrons. The number of nitrogens with zero attached hydrogens (tertiary/aromatic N) is 12. The maximum Gasteiger partial charge on any atom is 0.573 e. The molecule has 2 atom stereocenters. The number of halogens is 10. The van der Waals surface area contributed by atoms with Gasteiger partial charge in [0.1, 0.15) is 47.3 Å². The number of rotatable bonds is 10. The van der Waals surface area contributed by atoms with Gasteiger partial charge in [0.05, 0.1) is 0 Å². The van der Waals surface area contributed by atoms with Gasteiger partial charge < -0.3 is 20.1 Å². The Hall–Kier alpha value is -8.06. The Morgan fingerprint density at radius 2 is 0.931 bits per heavy atom. The average Bonchev–Trinajstić information content (AvgIpc) is 4.08. The Morgan fingerprint density at radius 3 is 1.28 bits per heavy atom. The lowest BCUT2D eigenvalue weighted by molar-refractivity contribution is -0.276. The fourth-order valence-electron chi connectivity index (χ4n) is 8.37. The third-order valence-corrected chi connectivity index (χ3v) is 11.5. The predicted molar refractivity (Wildman–Crippen MR) is 236 cm³/mol. The van der Waals surface area contributed by atoms with Crippen molar-refractivity contribution in [2.45, 2.75) is 90.0 Å². The number of hydrogen-bond donors (Lipinski definition) is 2. The van der Waals surface area contributed by atoms with Gasteiger partial charge in [-0.3, -0.25) is 0 Å². The zero-order valence-corrected chi connectivity index (χ0v) is 37.9. The highest BCUT2D eigenvalue weighted by Crippen LogP contribution is 2.38. The summed E-state index contributed by atoms with van der Waals surface area (Å²) >= 11 is 0. The van der Waals surface area contributed by atoms with Gasteiger partial charge in [0, 0.05) is 36.3 Å².